The van der Waals surface area contributed by atoms with E-state index in [2.05, 4.69) is 20.9 Å². The molecular formula is C12H8BrClNO3Rb. The summed E-state index contributed by atoms with van der Waals surface area (Å²) >= 11 is 9.26. The molecule has 0 atom stereocenters. The van der Waals surface area contributed by atoms with Crippen molar-refractivity contribution in [2.24, 2.45) is 0 Å². The van der Waals surface area contributed by atoms with Gasteiger partial charge in [-0.2, -0.15) is 0 Å². The minimum absolute atomic E-state index is 0. The van der Waals surface area contributed by atoms with E-state index in [-0.39, 0.29) is 81.1 Å². The summed E-state index contributed by atoms with van der Waals surface area (Å²) in [6.07, 6.45) is 1.32. The number of hydrogen-bond donors (Lipinski definition) is 0. The van der Waals surface area contributed by atoms with Crippen LogP contribution in [0.1, 0.15) is 17.3 Å². The summed E-state index contributed by atoms with van der Waals surface area (Å²) < 4.78 is 5.25. The number of rotatable bonds is 2. The van der Waals surface area contributed by atoms with Crippen molar-refractivity contribution in [2.75, 3.05) is 6.61 Å². The van der Waals surface area contributed by atoms with Crippen LogP contribution in [0, 0.1) is 0 Å². The molecule has 0 radical (unpaired) electrons. The summed E-state index contributed by atoms with van der Waals surface area (Å²) in [5.41, 5.74) is 0.637. The second-order valence-electron chi connectivity index (χ2n) is 3.51. The molecule has 0 amide bonds. The molecule has 0 spiro atoms. The van der Waals surface area contributed by atoms with Crippen molar-refractivity contribution >= 4 is 44.4 Å². The standard InChI is InChI=1S/C12H9BrClNO3.Rb/c1-2-18-12(17)7-5-15-9-4-10(16)8(13)3-6(9)11(7)14;/h3-5,16H,2H2,1H3;/q;+1/p-1. The van der Waals surface area contributed by atoms with Gasteiger partial charge in [-0.05, 0) is 19.1 Å². The van der Waals surface area contributed by atoms with E-state index < -0.39 is 5.97 Å². The van der Waals surface area contributed by atoms with Crippen LogP contribution in [0.2, 0.25) is 5.02 Å². The van der Waals surface area contributed by atoms with Crippen molar-refractivity contribution in [3.05, 3.63) is 33.4 Å². The molecule has 1 heterocycles. The van der Waals surface area contributed by atoms with Crippen LogP contribution in [0.25, 0.3) is 10.9 Å². The third-order valence-corrected chi connectivity index (χ3v) is 3.38. The summed E-state index contributed by atoms with van der Waals surface area (Å²) in [4.78, 5) is 15.7. The smallest absolute Gasteiger partial charge is 0.872 e. The molecule has 2 rings (SSSR count). The molecule has 19 heavy (non-hydrogen) atoms. The van der Waals surface area contributed by atoms with E-state index in [0.29, 0.717) is 15.4 Å². The van der Waals surface area contributed by atoms with E-state index in [0.717, 1.165) is 0 Å². The molecule has 4 nitrogen and oxygen atoms in total. The van der Waals surface area contributed by atoms with Crippen LogP contribution in [0.15, 0.2) is 22.8 Å². The molecule has 2 aromatic rings. The zero-order valence-electron chi connectivity index (χ0n) is 10.4. The minimum atomic E-state index is -0.528. The largest absolute Gasteiger partial charge is 1.00 e. The predicted octanol–water partition coefficient (Wildman–Crippen LogP) is -0.0950. The van der Waals surface area contributed by atoms with Crippen molar-refractivity contribution in [2.45, 2.75) is 6.92 Å². The van der Waals surface area contributed by atoms with Gasteiger partial charge in [0.15, 0.2) is 0 Å². The maximum atomic E-state index is 11.6. The maximum Gasteiger partial charge on any atom is 1.00 e. The molecule has 0 aliphatic carbocycles. The molecule has 0 saturated heterocycles. The molecule has 0 aliphatic heterocycles. The predicted molar refractivity (Wildman–Crippen MR) is 69.9 cm³/mol. The number of carbonyl (C=O) groups is 1. The number of halogens is 2. The third-order valence-electron chi connectivity index (χ3n) is 2.35. The Balaban J connectivity index is 0.00000180. The molecule has 7 heteroatoms. The zero-order valence-corrected chi connectivity index (χ0v) is 17.6. The van der Waals surface area contributed by atoms with Crippen molar-refractivity contribution in [1.82, 2.24) is 4.98 Å². The third kappa shape index (κ3) is 3.77. The average molecular weight is 415 g/mol. The molecule has 0 aliphatic rings. The minimum Gasteiger partial charge on any atom is -0.872 e. The molecule has 1 aromatic heterocycles. The Morgan fingerprint density at radius 2 is 2.21 bits per heavy atom. The van der Waals surface area contributed by atoms with E-state index in [4.69, 9.17) is 16.3 Å². The van der Waals surface area contributed by atoms with Crippen molar-refractivity contribution < 1.29 is 72.8 Å². The number of aromatic nitrogens is 1. The normalized spacial score (nSPS) is 10.1. The van der Waals surface area contributed by atoms with Gasteiger partial charge in [0.1, 0.15) is 0 Å². The van der Waals surface area contributed by atoms with E-state index in [1.165, 1.54) is 12.3 Å². The van der Waals surface area contributed by atoms with Gasteiger partial charge in [-0.25, -0.2) is 4.79 Å². The second-order valence-corrected chi connectivity index (χ2v) is 4.74. The van der Waals surface area contributed by atoms with Gasteiger partial charge in [0, 0.05) is 16.1 Å². The van der Waals surface area contributed by atoms with E-state index in [9.17, 15) is 9.90 Å². The Morgan fingerprint density at radius 1 is 1.53 bits per heavy atom. The van der Waals surface area contributed by atoms with Gasteiger partial charge in [0.05, 0.1) is 22.7 Å². The van der Waals surface area contributed by atoms with Gasteiger partial charge in [-0.3, -0.25) is 4.98 Å². The first kappa shape index (κ1) is 17.5. The zero-order chi connectivity index (χ0) is 13.3. The monoisotopic (exact) mass is 413 g/mol. The first-order chi connectivity index (χ1) is 8.54. The number of fused-ring (bicyclic) bond motifs is 1. The van der Waals surface area contributed by atoms with Crippen LogP contribution in [0.4, 0.5) is 0 Å². The molecular weight excluding hydrogens is 407 g/mol. The van der Waals surface area contributed by atoms with Crippen molar-refractivity contribution in [3.8, 4) is 5.75 Å². The van der Waals surface area contributed by atoms with Crippen LogP contribution in [0.3, 0.4) is 0 Å². The van der Waals surface area contributed by atoms with Crippen LogP contribution in [-0.4, -0.2) is 17.6 Å². The van der Waals surface area contributed by atoms with Gasteiger partial charge in [-0.1, -0.05) is 33.3 Å². The van der Waals surface area contributed by atoms with Gasteiger partial charge < -0.3 is 9.84 Å². The average Bonchev–Trinajstić information content (AvgIpc) is 2.32. The van der Waals surface area contributed by atoms with Crippen LogP contribution in [-0.2, 0) is 4.74 Å². The topological polar surface area (TPSA) is 62.2 Å². The molecule has 94 valence electrons. The Hall–Kier alpha value is 0.475. The van der Waals surface area contributed by atoms with Crippen molar-refractivity contribution in [1.29, 1.82) is 0 Å². The molecule has 1 aromatic carbocycles. The molecule has 0 fully saturated rings. The molecule has 0 N–H and O–H groups in total. The van der Waals surface area contributed by atoms with Gasteiger partial charge >= 0.3 is 64.2 Å². The first-order valence-corrected chi connectivity index (χ1v) is 6.33. The fourth-order valence-corrected chi connectivity index (χ4v) is 2.13. The number of carbonyl (C=O) groups excluding carboxylic acids is 1. The van der Waals surface area contributed by atoms with Gasteiger partial charge in [-0.15, -0.1) is 0 Å². The summed E-state index contributed by atoms with van der Waals surface area (Å²) in [6.45, 7) is 1.97. The number of ether oxygens (including phenoxy) is 1. The molecule has 0 unspecified atom stereocenters. The van der Waals surface area contributed by atoms with Crippen LogP contribution < -0.4 is 63.3 Å². The van der Waals surface area contributed by atoms with Gasteiger partial charge in [0.25, 0.3) is 0 Å². The number of esters is 1. The Kier molecular flexibility index (Phi) is 6.89. The van der Waals surface area contributed by atoms with Gasteiger partial charge in [0.2, 0.25) is 0 Å². The van der Waals surface area contributed by atoms with E-state index in [1.54, 1.807) is 13.0 Å². The van der Waals surface area contributed by atoms with E-state index in [1.807, 2.05) is 0 Å². The number of nitrogens with zero attached hydrogens (tertiary/aromatic N) is 1. The molecule has 0 bridgehead atoms. The number of pyridine rings is 1. The summed E-state index contributed by atoms with van der Waals surface area (Å²) in [7, 11) is 0. The fraction of sp³-hybridized carbons (Fsp3) is 0.167. The first-order valence-electron chi connectivity index (χ1n) is 5.16. The second kappa shape index (κ2) is 7.47. The number of benzene rings is 1. The summed E-state index contributed by atoms with van der Waals surface area (Å²) in [5, 5.41) is 12.2. The van der Waals surface area contributed by atoms with E-state index >= 15 is 0 Å². The summed E-state index contributed by atoms with van der Waals surface area (Å²) in [6, 6.07) is 2.91. The SMILES string of the molecule is CCOC(=O)c1cnc2cc([O-])c(Br)cc2c1Cl.[Rb+]. The quantitative estimate of drug-likeness (QED) is 0.644. The van der Waals surface area contributed by atoms with Crippen molar-refractivity contribution in [3.63, 3.8) is 0 Å². The van der Waals surface area contributed by atoms with Crippen LogP contribution >= 0.6 is 27.5 Å². The Labute approximate surface area is 172 Å². The summed E-state index contributed by atoms with van der Waals surface area (Å²) in [5.74, 6) is -0.714. The number of hydrogen-bond acceptors (Lipinski definition) is 4. The molecule has 0 saturated carbocycles. The van der Waals surface area contributed by atoms with Crippen LogP contribution in [0.5, 0.6) is 5.75 Å². The fourth-order valence-electron chi connectivity index (χ4n) is 1.51. The Morgan fingerprint density at radius 3 is 2.84 bits per heavy atom. The Bertz CT molecular complexity index is 636. The maximum absolute atomic E-state index is 11.6.